The highest BCUT2D eigenvalue weighted by molar-refractivity contribution is 14.0. The van der Waals surface area contributed by atoms with Gasteiger partial charge in [0.25, 0.3) is 0 Å². The van der Waals surface area contributed by atoms with Crippen molar-refractivity contribution in [2.75, 3.05) is 5.32 Å². The Morgan fingerprint density at radius 3 is 2.83 bits per heavy atom. The van der Waals surface area contributed by atoms with Gasteiger partial charge in [-0.15, -0.1) is 24.0 Å². The molecular weight excluding hydrogens is 337 g/mol. The van der Waals surface area contributed by atoms with Crippen molar-refractivity contribution in [3.8, 4) is 0 Å². The summed E-state index contributed by atoms with van der Waals surface area (Å²) in [6.45, 7) is 2.07. The molecule has 0 amide bonds. The Morgan fingerprint density at radius 1 is 1.39 bits per heavy atom. The molecule has 0 aromatic heterocycles. The number of halogens is 1. The molecule has 0 spiro atoms. The van der Waals surface area contributed by atoms with Gasteiger partial charge in [-0.1, -0.05) is 12.1 Å². The molecule has 1 aromatic carbocycles. The van der Waals surface area contributed by atoms with Crippen LogP contribution in [0.5, 0.6) is 0 Å². The molecule has 0 heterocycles. The summed E-state index contributed by atoms with van der Waals surface area (Å²) in [5, 5.41) is 3.16. The Kier molecular flexibility index (Phi) is 4.14. The van der Waals surface area contributed by atoms with Crippen LogP contribution in [-0.2, 0) is 0 Å². The van der Waals surface area contributed by atoms with E-state index in [1.165, 1.54) is 24.8 Å². The minimum absolute atomic E-state index is 0. The van der Waals surface area contributed by atoms with Crippen LogP contribution in [0.25, 0.3) is 0 Å². The normalized spacial score (nSPS) is 26.4. The summed E-state index contributed by atoms with van der Waals surface area (Å²) in [4.78, 5) is 4.54. The average molecular weight is 357 g/mol. The Hall–Kier alpha value is -0.780. The number of nitrogens with one attached hydrogen (secondary N) is 1. The molecule has 0 radical (unpaired) electrons. The molecule has 3 rings (SSSR count). The van der Waals surface area contributed by atoms with Gasteiger partial charge in [-0.3, -0.25) is 0 Å². The second-order valence-corrected chi connectivity index (χ2v) is 5.31. The van der Waals surface area contributed by atoms with Gasteiger partial charge in [0.05, 0.1) is 6.04 Å². The third-order valence-corrected chi connectivity index (χ3v) is 3.63. The highest BCUT2D eigenvalue weighted by Gasteiger charge is 2.47. The van der Waals surface area contributed by atoms with Crippen LogP contribution < -0.4 is 11.1 Å². The van der Waals surface area contributed by atoms with Crippen LogP contribution in [0.2, 0.25) is 0 Å². The lowest BCUT2D eigenvalue weighted by Gasteiger charge is -2.06. The molecule has 0 unspecified atom stereocenters. The van der Waals surface area contributed by atoms with Gasteiger partial charge in [-0.05, 0) is 55.7 Å². The van der Waals surface area contributed by atoms with Crippen LogP contribution in [0.3, 0.4) is 0 Å². The summed E-state index contributed by atoms with van der Waals surface area (Å²) in [5.74, 6) is 2.34. The molecule has 0 bridgehead atoms. The van der Waals surface area contributed by atoms with Gasteiger partial charge < -0.3 is 11.1 Å². The van der Waals surface area contributed by atoms with Crippen LogP contribution in [0.1, 0.15) is 24.8 Å². The number of hydrogen-bond acceptors (Lipinski definition) is 1. The minimum Gasteiger partial charge on any atom is -0.370 e. The fraction of sp³-hybridized carbons (Fsp3) is 0.500. The molecular formula is C14H20IN3. The summed E-state index contributed by atoms with van der Waals surface area (Å²) in [6, 6.07) is 8.67. The fourth-order valence-corrected chi connectivity index (χ4v) is 2.46. The molecule has 18 heavy (non-hydrogen) atoms. The average Bonchev–Trinajstić information content (AvgIpc) is 3.10. The second-order valence-electron chi connectivity index (χ2n) is 5.31. The standard InChI is InChI=1S/C14H19N3.HI/c1-9-3-2-4-11(7-9)16-14(15)17-13-8-12(13)10-5-6-10;/h2-4,7,10,12-13H,5-6,8H2,1H3,(H3,15,16,17);1H/t12-,13+;/m0./s1. The Bertz CT molecular complexity index is 454. The molecule has 3 N–H and O–H groups in total. The van der Waals surface area contributed by atoms with Crippen molar-refractivity contribution in [2.45, 2.75) is 32.2 Å². The van der Waals surface area contributed by atoms with Crippen LogP contribution >= 0.6 is 24.0 Å². The maximum absolute atomic E-state index is 5.92. The zero-order valence-corrected chi connectivity index (χ0v) is 12.9. The van der Waals surface area contributed by atoms with Crippen molar-refractivity contribution in [3.05, 3.63) is 29.8 Å². The molecule has 2 saturated carbocycles. The molecule has 3 nitrogen and oxygen atoms in total. The third kappa shape index (κ3) is 3.37. The van der Waals surface area contributed by atoms with Gasteiger partial charge in [0.2, 0.25) is 0 Å². The highest BCUT2D eigenvalue weighted by Crippen LogP contribution is 2.51. The zero-order valence-electron chi connectivity index (χ0n) is 10.6. The molecule has 0 saturated heterocycles. The summed E-state index contributed by atoms with van der Waals surface area (Å²) >= 11 is 0. The summed E-state index contributed by atoms with van der Waals surface area (Å²) in [6.07, 6.45) is 4.05. The molecule has 98 valence electrons. The smallest absolute Gasteiger partial charge is 0.193 e. The second kappa shape index (κ2) is 5.47. The van der Waals surface area contributed by atoms with E-state index >= 15 is 0 Å². The minimum atomic E-state index is 0. The van der Waals surface area contributed by atoms with E-state index in [-0.39, 0.29) is 24.0 Å². The lowest BCUT2D eigenvalue weighted by molar-refractivity contribution is 0.686. The van der Waals surface area contributed by atoms with E-state index in [9.17, 15) is 0 Å². The van der Waals surface area contributed by atoms with Crippen LogP contribution in [0, 0.1) is 18.8 Å². The van der Waals surface area contributed by atoms with Crippen molar-refractivity contribution in [1.82, 2.24) is 0 Å². The number of hydrogen-bond donors (Lipinski definition) is 2. The van der Waals surface area contributed by atoms with Gasteiger partial charge in [0, 0.05) is 5.69 Å². The summed E-state index contributed by atoms with van der Waals surface area (Å²) in [7, 11) is 0. The van der Waals surface area contributed by atoms with Crippen molar-refractivity contribution < 1.29 is 0 Å². The molecule has 0 aliphatic heterocycles. The topological polar surface area (TPSA) is 50.4 Å². The van der Waals surface area contributed by atoms with E-state index in [1.54, 1.807) is 0 Å². The first-order valence-electron chi connectivity index (χ1n) is 6.39. The SMILES string of the molecule is Cc1cccc(NC(N)=N[C@@H]2C[C@H]2C2CC2)c1.I. The molecule has 2 atom stereocenters. The summed E-state index contributed by atoms with van der Waals surface area (Å²) < 4.78 is 0. The van der Waals surface area contributed by atoms with Crippen molar-refractivity contribution in [2.24, 2.45) is 22.6 Å². The molecule has 1 aromatic rings. The first-order chi connectivity index (χ1) is 8.22. The fourth-order valence-electron chi connectivity index (χ4n) is 2.46. The van der Waals surface area contributed by atoms with Crippen molar-refractivity contribution in [3.63, 3.8) is 0 Å². The number of nitrogens with two attached hydrogens (primary N) is 1. The van der Waals surface area contributed by atoms with Crippen LogP contribution in [0.15, 0.2) is 29.3 Å². The molecule has 2 aliphatic carbocycles. The van der Waals surface area contributed by atoms with Crippen molar-refractivity contribution >= 4 is 35.6 Å². The van der Waals surface area contributed by atoms with Gasteiger partial charge in [0.1, 0.15) is 0 Å². The number of rotatable bonds is 3. The van der Waals surface area contributed by atoms with Gasteiger partial charge in [-0.2, -0.15) is 0 Å². The van der Waals surface area contributed by atoms with E-state index in [0.29, 0.717) is 12.0 Å². The Morgan fingerprint density at radius 2 is 2.17 bits per heavy atom. The zero-order chi connectivity index (χ0) is 11.8. The highest BCUT2D eigenvalue weighted by atomic mass is 127. The largest absolute Gasteiger partial charge is 0.370 e. The van der Waals surface area contributed by atoms with Gasteiger partial charge in [-0.25, -0.2) is 4.99 Å². The number of aryl methyl sites for hydroxylation is 1. The van der Waals surface area contributed by atoms with E-state index in [1.807, 2.05) is 12.1 Å². The quantitative estimate of drug-likeness (QED) is 0.496. The number of anilines is 1. The number of aliphatic imine (C=N–C) groups is 1. The first kappa shape index (κ1) is 13.6. The number of nitrogens with zero attached hydrogens (tertiary/aromatic N) is 1. The van der Waals surface area contributed by atoms with Crippen molar-refractivity contribution in [1.29, 1.82) is 0 Å². The maximum atomic E-state index is 5.92. The van der Waals surface area contributed by atoms with Crippen LogP contribution in [-0.4, -0.2) is 12.0 Å². The molecule has 2 aliphatic rings. The molecule has 2 fully saturated rings. The van der Waals surface area contributed by atoms with E-state index in [0.717, 1.165) is 17.5 Å². The lowest BCUT2D eigenvalue weighted by atomic mass is 10.2. The van der Waals surface area contributed by atoms with Gasteiger partial charge in [0.15, 0.2) is 5.96 Å². The monoisotopic (exact) mass is 357 g/mol. The molecule has 4 heteroatoms. The van der Waals surface area contributed by atoms with E-state index in [2.05, 4.69) is 29.4 Å². The first-order valence-corrected chi connectivity index (χ1v) is 6.39. The summed E-state index contributed by atoms with van der Waals surface area (Å²) in [5.41, 5.74) is 8.17. The van der Waals surface area contributed by atoms with E-state index < -0.39 is 0 Å². The number of benzene rings is 1. The Labute approximate surface area is 125 Å². The predicted molar refractivity (Wildman–Crippen MR) is 86.5 cm³/mol. The Balaban J connectivity index is 0.00000120. The van der Waals surface area contributed by atoms with Crippen LogP contribution in [0.4, 0.5) is 5.69 Å². The number of guanidine groups is 1. The third-order valence-electron chi connectivity index (χ3n) is 3.63. The van der Waals surface area contributed by atoms with E-state index in [4.69, 9.17) is 5.73 Å². The van der Waals surface area contributed by atoms with Gasteiger partial charge >= 0.3 is 0 Å². The maximum Gasteiger partial charge on any atom is 0.193 e. The predicted octanol–water partition coefficient (Wildman–Crippen LogP) is 3.14. The lowest BCUT2D eigenvalue weighted by Crippen LogP contribution is -2.23.